The van der Waals surface area contributed by atoms with Crippen molar-refractivity contribution in [3.8, 4) is 0 Å². The number of primary amides is 1. The number of hydrogen-bond donors (Lipinski definition) is 1. The maximum Gasteiger partial charge on any atom is 0.419 e. The van der Waals surface area contributed by atoms with Crippen molar-refractivity contribution >= 4 is 29.4 Å². The van der Waals surface area contributed by atoms with Crippen LogP contribution in [0.3, 0.4) is 0 Å². The number of alkyl halides is 3. The van der Waals surface area contributed by atoms with E-state index in [1.807, 2.05) is 4.90 Å². The van der Waals surface area contributed by atoms with Gasteiger partial charge in [-0.2, -0.15) is 13.2 Å². The van der Waals surface area contributed by atoms with Gasteiger partial charge in [-0.3, -0.25) is 9.69 Å². The fraction of sp³-hybridized carbons (Fsp3) is 0.588. The minimum absolute atomic E-state index is 0.0148. The van der Waals surface area contributed by atoms with Gasteiger partial charge >= 0.3 is 12.2 Å². The van der Waals surface area contributed by atoms with E-state index in [4.69, 9.17) is 17.3 Å². The van der Waals surface area contributed by atoms with Crippen LogP contribution in [0, 0.1) is 5.92 Å². The molecule has 2 aliphatic rings. The second kappa shape index (κ2) is 8.02. The molecule has 0 aliphatic carbocycles. The Morgan fingerprint density at radius 1 is 1.14 bits per heavy atom. The Morgan fingerprint density at radius 3 is 2.39 bits per heavy atom. The van der Waals surface area contributed by atoms with E-state index < -0.39 is 17.8 Å². The zero-order valence-electron chi connectivity index (χ0n) is 15.1. The standard InChI is InChI=1S/C17H21ClF3N5O2/c18-13-8-12(17(19,20)21)9-23-14(13)24-4-6-25(7-5-24)15(27)11-2-1-3-26(10-11)16(22)28/h8-9,11H,1-7,10H2,(H2,22,28)/p+1/t11-/m0/s1. The molecule has 3 amide bonds. The number of piperazine rings is 1. The van der Waals surface area contributed by atoms with Gasteiger partial charge in [0.1, 0.15) is 24.3 Å². The number of nitrogens with zero attached hydrogens (tertiary/aromatic N) is 3. The van der Waals surface area contributed by atoms with Crippen LogP contribution in [0.4, 0.5) is 23.8 Å². The van der Waals surface area contributed by atoms with E-state index in [2.05, 4.69) is 4.98 Å². The Balaban J connectivity index is 1.60. The maximum atomic E-state index is 12.8. The minimum Gasteiger partial charge on any atom is -0.351 e. The molecule has 7 nitrogen and oxygen atoms in total. The van der Waals surface area contributed by atoms with Crippen molar-refractivity contribution in [2.45, 2.75) is 19.0 Å². The molecule has 3 heterocycles. The van der Waals surface area contributed by atoms with Gasteiger partial charge in [0.05, 0.1) is 24.6 Å². The van der Waals surface area contributed by atoms with Crippen molar-refractivity contribution in [3.05, 3.63) is 22.8 Å². The fourth-order valence-electron chi connectivity index (χ4n) is 3.66. The molecule has 0 radical (unpaired) electrons. The molecule has 2 aliphatic heterocycles. The summed E-state index contributed by atoms with van der Waals surface area (Å²) in [5.41, 5.74) is 4.47. The first kappa shape index (κ1) is 20.5. The summed E-state index contributed by atoms with van der Waals surface area (Å²) in [5, 5.41) is -0.0148. The molecule has 3 rings (SSSR count). The third-order valence-corrected chi connectivity index (χ3v) is 5.48. The number of nitrogens with one attached hydrogen (secondary N) is 1. The summed E-state index contributed by atoms with van der Waals surface area (Å²) in [5.74, 6) is 0.112. The molecule has 1 aromatic heterocycles. The number of likely N-dealkylation sites (tertiary alicyclic amines) is 1. The molecule has 0 bridgehead atoms. The number of carbonyl (C=O) groups excluding carboxylic acids is 2. The van der Waals surface area contributed by atoms with Gasteiger partial charge in [-0.05, 0) is 18.9 Å². The van der Waals surface area contributed by atoms with Gasteiger partial charge in [0.25, 0.3) is 5.82 Å². The lowest BCUT2D eigenvalue weighted by Crippen LogP contribution is -2.54. The number of urea groups is 1. The summed E-state index contributed by atoms with van der Waals surface area (Å²) in [6.07, 6.45) is -2.14. The number of nitrogens with two attached hydrogens (primary N) is 1. The highest BCUT2D eigenvalue weighted by molar-refractivity contribution is 6.32. The summed E-state index contributed by atoms with van der Waals surface area (Å²) < 4.78 is 38.3. The first-order chi connectivity index (χ1) is 13.2. The topological polar surface area (TPSA) is 84.0 Å². The van der Waals surface area contributed by atoms with Gasteiger partial charge in [0.2, 0.25) is 5.91 Å². The lowest BCUT2D eigenvalue weighted by molar-refractivity contribution is -0.367. The predicted octanol–water partition coefficient (Wildman–Crippen LogP) is 1.61. The summed E-state index contributed by atoms with van der Waals surface area (Å²) in [4.78, 5) is 31.8. The molecule has 28 heavy (non-hydrogen) atoms. The van der Waals surface area contributed by atoms with Crippen molar-refractivity contribution in [3.63, 3.8) is 0 Å². The number of H-pyrrole nitrogens is 1. The molecular formula is C17H22ClF3N5O2+. The van der Waals surface area contributed by atoms with Crippen molar-refractivity contribution in [2.24, 2.45) is 11.7 Å². The van der Waals surface area contributed by atoms with E-state index in [-0.39, 0.29) is 16.8 Å². The van der Waals surface area contributed by atoms with E-state index >= 15 is 0 Å². The molecule has 0 spiro atoms. The second-order valence-corrected chi connectivity index (χ2v) is 7.43. The molecule has 1 aromatic rings. The Hall–Kier alpha value is -2.23. The normalized spacial score (nSPS) is 21.0. The number of carbonyl (C=O) groups is 2. The maximum absolute atomic E-state index is 12.8. The Morgan fingerprint density at radius 2 is 1.82 bits per heavy atom. The van der Waals surface area contributed by atoms with Crippen LogP contribution in [0.5, 0.6) is 0 Å². The molecular weight excluding hydrogens is 399 g/mol. The van der Waals surface area contributed by atoms with Crippen LogP contribution in [0.15, 0.2) is 12.3 Å². The fourth-order valence-corrected chi connectivity index (χ4v) is 3.95. The van der Waals surface area contributed by atoms with Crippen LogP contribution < -0.4 is 15.6 Å². The number of piperidine rings is 1. The monoisotopic (exact) mass is 420 g/mol. The number of anilines is 1. The largest absolute Gasteiger partial charge is 0.419 e. The highest BCUT2D eigenvalue weighted by Gasteiger charge is 2.36. The van der Waals surface area contributed by atoms with Crippen molar-refractivity contribution in [1.29, 1.82) is 0 Å². The van der Waals surface area contributed by atoms with Gasteiger partial charge in [-0.15, -0.1) is 0 Å². The first-order valence-electron chi connectivity index (χ1n) is 9.03. The Kier molecular flexibility index (Phi) is 5.87. The lowest BCUT2D eigenvalue weighted by atomic mass is 9.96. The van der Waals surface area contributed by atoms with E-state index in [1.165, 1.54) is 4.90 Å². The smallest absolute Gasteiger partial charge is 0.351 e. The molecule has 3 N–H and O–H groups in total. The molecule has 1 atom stereocenters. The highest BCUT2D eigenvalue weighted by Crippen LogP contribution is 2.32. The van der Waals surface area contributed by atoms with Crippen LogP contribution in [0.1, 0.15) is 18.4 Å². The number of pyridine rings is 1. The Bertz CT molecular complexity index is 753. The van der Waals surface area contributed by atoms with E-state index in [0.29, 0.717) is 51.5 Å². The average molecular weight is 421 g/mol. The van der Waals surface area contributed by atoms with Crippen LogP contribution >= 0.6 is 11.6 Å². The third kappa shape index (κ3) is 4.43. The van der Waals surface area contributed by atoms with Crippen LogP contribution in [-0.2, 0) is 11.0 Å². The molecule has 0 aromatic carbocycles. The van der Waals surface area contributed by atoms with Crippen molar-refractivity contribution < 1.29 is 27.7 Å². The second-order valence-electron chi connectivity index (χ2n) is 7.02. The summed E-state index contributed by atoms with van der Waals surface area (Å²) in [7, 11) is 0. The van der Waals surface area contributed by atoms with Gasteiger partial charge in [0.15, 0.2) is 0 Å². The third-order valence-electron chi connectivity index (χ3n) is 5.19. The number of aromatic nitrogens is 1. The summed E-state index contributed by atoms with van der Waals surface area (Å²) in [6.45, 7) is 2.63. The van der Waals surface area contributed by atoms with E-state index in [0.717, 1.165) is 18.7 Å². The SMILES string of the molecule is NC(=O)N1CCC[C@H](C(=O)N2CCN(c3[nH+]cc(C(F)(F)F)cc3Cl)CC2)C1. The number of halogens is 4. The van der Waals surface area contributed by atoms with Gasteiger partial charge < -0.3 is 15.5 Å². The zero-order chi connectivity index (χ0) is 20.5. The molecule has 0 saturated carbocycles. The van der Waals surface area contributed by atoms with Crippen molar-refractivity contribution in [1.82, 2.24) is 9.80 Å². The average Bonchev–Trinajstić information content (AvgIpc) is 2.67. The molecule has 0 unspecified atom stereocenters. The molecule has 2 saturated heterocycles. The number of amides is 3. The van der Waals surface area contributed by atoms with E-state index in [1.54, 1.807) is 4.90 Å². The predicted molar refractivity (Wildman–Crippen MR) is 95.7 cm³/mol. The first-order valence-corrected chi connectivity index (χ1v) is 9.41. The van der Waals surface area contributed by atoms with Gasteiger partial charge in [0, 0.05) is 13.1 Å². The van der Waals surface area contributed by atoms with Gasteiger partial charge in [-0.1, -0.05) is 11.6 Å². The van der Waals surface area contributed by atoms with Crippen molar-refractivity contribution in [2.75, 3.05) is 44.2 Å². The molecule has 2 fully saturated rings. The van der Waals surface area contributed by atoms with Crippen LogP contribution in [0.2, 0.25) is 5.02 Å². The zero-order valence-corrected chi connectivity index (χ0v) is 15.9. The number of aromatic amines is 1. The van der Waals surface area contributed by atoms with Crippen LogP contribution in [-0.4, -0.2) is 61.0 Å². The number of rotatable bonds is 2. The van der Waals surface area contributed by atoms with Gasteiger partial charge in [-0.25, -0.2) is 9.78 Å². The molecule has 11 heteroatoms. The number of hydrogen-bond acceptors (Lipinski definition) is 3. The lowest BCUT2D eigenvalue weighted by Gasteiger charge is -2.36. The summed E-state index contributed by atoms with van der Waals surface area (Å²) in [6, 6.07) is 0.376. The quantitative estimate of drug-likeness (QED) is 0.789. The highest BCUT2D eigenvalue weighted by atomic mass is 35.5. The van der Waals surface area contributed by atoms with E-state index in [9.17, 15) is 22.8 Å². The Labute approximate surface area is 165 Å². The van der Waals surface area contributed by atoms with Crippen LogP contribution in [0.25, 0.3) is 0 Å². The summed E-state index contributed by atoms with van der Waals surface area (Å²) >= 11 is 6.03. The molecule has 154 valence electrons. The minimum atomic E-state index is -4.47.